The first-order valence-electron chi connectivity index (χ1n) is 7.62. The van der Waals surface area contributed by atoms with E-state index in [1.165, 1.54) is 0 Å². The van der Waals surface area contributed by atoms with Crippen LogP contribution < -0.4 is 10.1 Å². The van der Waals surface area contributed by atoms with Crippen LogP contribution in [0.15, 0.2) is 18.5 Å². The molecule has 122 valence electrons. The number of nitrogens with zero attached hydrogens (tertiary/aromatic N) is 1. The number of carbonyl (C=O) groups is 1. The molecule has 0 unspecified atom stereocenters. The molecular formula is C17H20IN3O2. The number of rotatable bonds is 3. The molecule has 3 heterocycles. The molecule has 0 atom stereocenters. The highest BCUT2D eigenvalue weighted by atomic mass is 127. The molecule has 1 amide bonds. The van der Waals surface area contributed by atoms with Gasteiger partial charge in [0.1, 0.15) is 5.75 Å². The largest absolute Gasteiger partial charge is 0.491 e. The molecular weight excluding hydrogens is 405 g/mol. The van der Waals surface area contributed by atoms with E-state index in [1.54, 1.807) is 12.4 Å². The smallest absolute Gasteiger partial charge is 0.254 e. The number of H-pyrrole nitrogens is 1. The predicted octanol–water partition coefficient (Wildman–Crippen LogP) is 3.39. The maximum absolute atomic E-state index is 12.1. The Kier molecular flexibility index (Phi) is 4.35. The lowest BCUT2D eigenvalue weighted by Gasteiger charge is -2.20. The normalized spacial score (nSPS) is 14.3. The number of fused-ring (bicyclic) bond motifs is 1. The van der Waals surface area contributed by atoms with Gasteiger partial charge in [-0.15, -0.1) is 0 Å². The minimum atomic E-state index is -0.00985. The van der Waals surface area contributed by atoms with Gasteiger partial charge in [-0.25, -0.2) is 0 Å². The zero-order chi connectivity index (χ0) is 16.6. The highest BCUT2D eigenvalue weighted by molar-refractivity contribution is 14.1. The van der Waals surface area contributed by atoms with Crippen molar-refractivity contribution in [2.75, 3.05) is 13.2 Å². The van der Waals surface area contributed by atoms with E-state index in [0.29, 0.717) is 13.2 Å². The number of hydrogen-bond donors (Lipinski definition) is 2. The van der Waals surface area contributed by atoms with Crippen LogP contribution in [-0.2, 0) is 6.42 Å². The number of amides is 1. The van der Waals surface area contributed by atoms with Gasteiger partial charge in [0.25, 0.3) is 5.91 Å². The highest BCUT2D eigenvalue weighted by Crippen LogP contribution is 2.36. The minimum absolute atomic E-state index is 0.00985. The molecule has 2 N–H and O–H groups in total. The number of aromatic amines is 1. The summed E-state index contributed by atoms with van der Waals surface area (Å²) in [7, 11) is 0. The summed E-state index contributed by atoms with van der Waals surface area (Å²) in [6.07, 6.45) is 4.30. The van der Waals surface area contributed by atoms with Gasteiger partial charge in [-0.1, -0.05) is 20.8 Å². The Balaban J connectivity index is 2.01. The monoisotopic (exact) mass is 425 g/mol. The molecule has 0 saturated heterocycles. The van der Waals surface area contributed by atoms with E-state index in [9.17, 15) is 4.79 Å². The molecule has 6 heteroatoms. The summed E-state index contributed by atoms with van der Waals surface area (Å²) in [6.45, 7) is 7.66. The van der Waals surface area contributed by atoms with Crippen LogP contribution in [0, 0.1) is 8.99 Å². The van der Waals surface area contributed by atoms with Gasteiger partial charge in [0.2, 0.25) is 0 Å². The fourth-order valence-corrected chi connectivity index (χ4v) is 3.52. The van der Waals surface area contributed by atoms with Crippen molar-refractivity contribution in [1.82, 2.24) is 15.3 Å². The second-order valence-corrected chi connectivity index (χ2v) is 7.97. The summed E-state index contributed by atoms with van der Waals surface area (Å²) in [5.74, 6) is 0.726. The Morgan fingerprint density at radius 1 is 1.39 bits per heavy atom. The molecule has 0 radical (unpaired) electrons. The van der Waals surface area contributed by atoms with Gasteiger partial charge in [-0.2, -0.15) is 0 Å². The van der Waals surface area contributed by atoms with E-state index in [4.69, 9.17) is 4.74 Å². The summed E-state index contributed by atoms with van der Waals surface area (Å²) in [6, 6.07) is 1.93. The fourth-order valence-electron chi connectivity index (χ4n) is 2.52. The van der Waals surface area contributed by atoms with Gasteiger partial charge in [0.05, 0.1) is 27.6 Å². The van der Waals surface area contributed by atoms with Crippen molar-refractivity contribution < 1.29 is 9.53 Å². The van der Waals surface area contributed by atoms with E-state index in [1.807, 2.05) is 6.07 Å². The lowest BCUT2D eigenvalue weighted by molar-refractivity contribution is 0.0945. The van der Waals surface area contributed by atoms with Gasteiger partial charge in [0, 0.05) is 30.4 Å². The standard InChI is InChI=1S/C17H20IN3O2/c1-17(2,3)9-23-12-8-19-6-4-10(12)15-14(18)13-11(21-15)5-7-20-16(13)22/h4,6,8,21H,5,7,9H2,1-3H3,(H,20,22). The average Bonchev–Trinajstić information content (AvgIpc) is 2.83. The lowest BCUT2D eigenvalue weighted by Crippen LogP contribution is -2.31. The molecule has 23 heavy (non-hydrogen) atoms. The molecule has 0 saturated carbocycles. The van der Waals surface area contributed by atoms with Crippen LogP contribution in [0.5, 0.6) is 5.75 Å². The quantitative estimate of drug-likeness (QED) is 0.742. The Bertz CT molecular complexity index is 747. The molecule has 0 aromatic carbocycles. The van der Waals surface area contributed by atoms with Crippen LogP contribution >= 0.6 is 22.6 Å². The molecule has 0 spiro atoms. The maximum Gasteiger partial charge on any atom is 0.254 e. The first-order valence-corrected chi connectivity index (χ1v) is 8.70. The summed E-state index contributed by atoms with van der Waals surface area (Å²) in [5, 5.41) is 2.90. The van der Waals surface area contributed by atoms with Crippen molar-refractivity contribution in [2.45, 2.75) is 27.2 Å². The number of hydrogen-bond acceptors (Lipinski definition) is 3. The van der Waals surface area contributed by atoms with E-state index < -0.39 is 0 Å². The second-order valence-electron chi connectivity index (χ2n) is 6.89. The molecule has 0 bridgehead atoms. The molecule has 2 aromatic heterocycles. The summed E-state index contributed by atoms with van der Waals surface area (Å²) >= 11 is 2.23. The number of pyridine rings is 1. The fraction of sp³-hybridized carbons (Fsp3) is 0.412. The van der Waals surface area contributed by atoms with Gasteiger partial charge in [0.15, 0.2) is 0 Å². The van der Waals surface area contributed by atoms with E-state index in [0.717, 1.165) is 38.3 Å². The Hall–Kier alpha value is -1.57. The number of carbonyl (C=O) groups excluding carboxylic acids is 1. The Morgan fingerprint density at radius 3 is 2.87 bits per heavy atom. The third-order valence-electron chi connectivity index (χ3n) is 3.62. The highest BCUT2D eigenvalue weighted by Gasteiger charge is 2.26. The molecule has 1 aliphatic heterocycles. The number of ether oxygens (including phenoxy) is 1. The third kappa shape index (κ3) is 3.36. The molecule has 1 aliphatic rings. The SMILES string of the molecule is CC(C)(C)COc1cnccc1-c1[nH]c2c(c1I)C(=O)NCC2. The Labute approximate surface area is 149 Å². The van der Waals surface area contributed by atoms with Crippen molar-refractivity contribution in [1.29, 1.82) is 0 Å². The van der Waals surface area contributed by atoms with Crippen LogP contribution in [0.2, 0.25) is 0 Å². The number of halogens is 1. The van der Waals surface area contributed by atoms with Gasteiger partial charge < -0.3 is 15.0 Å². The maximum atomic E-state index is 12.1. The van der Waals surface area contributed by atoms with Gasteiger partial charge in [-0.3, -0.25) is 9.78 Å². The van der Waals surface area contributed by atoms with E-state index in [-0.39, 0.29) is 11.3 Å². The van der Waals surface area contributed by atoms with Crippen LogP contribution in [0.25, 0.3) is 11.3 Å². The van der Waals surface area contributed by atoms with Crippen molar-refractivity contribution in [2.24, 2.45) is 5.41 Å². The van der Waals surface area contributed by atoms with Crippen LogP contribution in [-0.4, -0.2) is 29.0 Å². The zero-order valence-electron chi connectivity index (χ0n) is 13.5. The van der Waals surface area contributed by atoms with Crippen LogP contribution in [0.3, 0.4) is 0 Å². The topological polar surface area (TPSA) is 67.0 Å². The zero-order valence-corrected chi connectivity index (χ0v) is 15.7. The lowest BCUT2D eigenvalue weighted by atomic mass is 9.98. The predicted molar refractivity (Wildman–Crippen MR) is 97.7 cm³/mol. The summed E-state index contributed by atoms with van der Waals surface area (Å²) in [5.41, 5.74) is 3.68. The van der Waals surface area contributed by atoms with Crippen LogP contribution in [0.1, 0.15) is 36.8 Å². The van der Waals surface area contributed by atoms with Gasteiger partial charge >= 0.3 is 0 Å². The van der Waals surface area contributed by atoms with Crippen molar-refractivity contribution in [3.63, 3.8) is 0 Å². The van der Waals surface area contributed by atoms with E-state index in [2.05, 4.69) is 58.6 Å². The molecule has 3 rings (SSSR count). The number of nitrogens with one attached hydrogen (secondary N) is 2. The molecule has 0 fully saturated rings. The summed E-state index contributed by atoms with van der Waals surface area (Å²) < 4.78 is 6.92. The average molecular weight is 425 g/mol. The second kappa shape index (κ2) is 6.14. The first-order chi connectivity index (χ1) is 10.9. The number of aromatic nitrogens is 2. The molecule has 2 aromatic rings. The Morgan fingerprint density at radius 2 is 2.17 bits per heavy atom. The minimum Gasteiger partial charge on any atom is -0.491 e. The van der Waals surface area contributed by atoms with Crippen LogP contribution in [0.4, 0.5) is 0 Å². The molecule has 0 aliphatic carbocycles. The van der Waals surface area contributed by atoms with Crippen molar-refractivity contribution in [3.8, 4) is 17.0 Å². The van der Waals surface area contributed by atoms with Crippen molar-refractivity contribution in [3.05, 3.63) is 33.3 Å². The van der Waals surface area contributed by atoms with Crippen molar-refractivity contribution >= 4 is 28.5 Å². The van der Waals surface area contributed by atoms with E-state index >= 15 is 0 Å². The third-order valence-corrected chi connectivity index (χ3v) is 4.70. The van der Waals surface area contributed by atoms with Gasteiger partial charge in [-0.05, 0) is 34.1 Å². The summed E-state index contributed by atoms with van der Waals surface area (Å²) in [4.78, 5) is 19.7. The molecule has 5 nitrogen and oxygen atoms in total. The first kappa shape index (κ1) is 16.3.